The van der Waals surface area contributed by atoms with Crippen LogP contribution >= 0.6 is 11.8 Å². The number of rotatable bonds is 5. The van der Waals surface area contributed by atoms with Crippen LogP contribution in [0.5, 0.6) is 5.75 Å². The summed E-state index contributed by atoms with van der Waals surface area (Å²) in [6.45, 7) is 3.31. The van der Waals surface area contributed by atoms with Gasteiger partial charge in [0.05, 0.1) is 24.2 Å². The van der Waals surface area contributed by atoms with E-state index in [1.165, 1.54) is 16.7 Å². The number of nitrogens with zero attached hydrogens (tertiary/aromatic N) is 2. The first-order valence-electron chi connectivity index (χ1n) is 10.8. The predicted molar refractivity (Wildman–Crippen MR) is 126 cm³/mol. The minimum atomic E-state index is -0.326. The number of aryl methyl sites for hydroxylation is 1. The lowest BCUT2D eigenvalue weighted by molar-refractivity contribution is -0.120. The monoisotopic (exact) mass is 453 g/mol. The molecule has 7 nitrogen and oxygen atoms in total. The van der Waals surface area contributed by atoms with E-state index in [1.54, 1.807) is 19.2 Å². The maximum Gasteiger partial charge on any atom is 0.253 e. The molecule has 2 aliphatic rings. The van der Waals surface area contributed by atoms with E-state index in [1.807, 2.05) is 36.1 Å². The Morgan fingerprint density at radius 2 is 1.88 bits per heavy atom. The van der Waals surface area contributed by atoms with Gasteiger partial charge in [0.15, 0.2) is 0 Å². The van der Waals surface area contributed by atoms with Gasteiger partial charge in [-0.05, 0) is 62.1 Å². The van der Waals surface area contributed by atoms with Gasteiger partial charge in [0.1, 0.15) is 12.3 Å². The Kier molecular flexibility index (Phi) is 6.69. The third-order valence-corrected chi connectivity index (χ3v) is 6.77. The van der Waals surface area contributed by atoms with Crippen LogP contribution in [0.3, 0.4) is 0 Å². The molecule has 0 saturated carbocycles. The van der Waals surface area contributed by atoms with Gasteiger partial charge >= 0.3 is 0 Å². The summed E-state index contributed by atoms with van der Waals surface area (Å²) in [5.41, 5.74) is 2.70. The summed E-state index contributed by atoms with van der Waals surface area (Å²) in [4.78, 5) is 42.7. The largest absolute Gasteiger partial charge is 0.495 e. The van der Waals surface area contributed by atoms with Gasteiger partial charge < -0.3 is 19.9 Å². The van der Waals surface area contributed by atoms with E-state index in [0.717, 1.165) is 42.8 Å². The van der Waals surface area contributed by atoms with Gasteiger partial charge in [0.2, 0.25) is 11.8 Å². The Bertz CT molecular complexity index is 1050. The molecule has 8 heteroatoms. The molecule has 3 amide bonds. The number of thioether (sulfide) groups is 1. The van der Waals surface area contributed by atoms with Crippen LogP contribution in [0.1, 0.15) is 35.2 Å². The van der Waals surface area contributed by atoms with Gasteiger partial charge in [-0.2, -0.15) is 0 Å². The zero-order valence-corrected chi connectivity index (χ0v) is 19.2. The van der Waals surface area contributed by atoms with Crippen molar-refractivity contribution in [1.29, 1.82) is 0 Å². The van der Waals surface area contributed by atoms with Gasteiger partial charge in [-0.3, -0.25) is 14.4 Å². The Labute approximate surface area is 192 Å². The summed E-state index contributed by atoms with van der Waals surface area (Å²) in [7, 11) is 1.54. The molecule has 2 aromatic carbocycles. The molecular formula is C24H27N3O4S. The second kappa shape index (κ2) is 9.65. The molecule has 0 aromatic heterocycles. The molecule has 0 aliphatic carbocycles. The zero-order valence-electron chi connectivity index (χ0n) is 18.3. The molecule has 168 valence electrons. The quantitative estimate of drug-likeness (QED) is 0.747. The zero-order chi connectivity index (χ0) is 22.7. The molecule has 2 aromatic rings. The van der Waals surface area contributed by atoms with Crippen LogP contribution in [0.2, 0.25) is 0 Å². The molecule has 1 fully saturated rings. The van der Waals surface area contributed by atoms with Crippen molar-refractivity contribution in [3.05, 3.63) is 47.5 Å². The van der Waals surface area contributed by atoms with Gasteiger partial charge in [0, 0.05) is 23.5 Å². The third kappa shape index (κ3) is 4.75. The molecule has 4 rings (SSSR count). The summed E-state index contributed by atoms with van der Waals surface area (Å²) in [6, 6.07) is 11.0. The highest BCUT2D eigenvalue weighted by Gasteiger charge is 2.29. The number of carbonyl (C=O) groups excluding carboxylic acids is 3. The van der Waals surface area contributed by atoms with Crippen molar-refractivity contribution in [2.24, 2.45) is 0 Å². The highest BCUT2D eigenvalue weighted by atomic mass is 32.2. The highest BCUT2D eigenvalue weighted by Crippen LogP contribution is 2.36. The van der Waals surface area contributed by atoms with Crippen LogP contribution in [0.15, 0.2) is 41.3 Å². The Balaban J connectivity index is 1.55. The summed E-state index contributed by atoms with van der Waals surface area (Å²) >= 11 is 1.43. The second-order valence-corrected chi connectivity index (χ2v) is 9.07. The van der Waals surface area contributed by atoms with E-state index in [2.05, 4.69) is 5.32 Å². The SMILES string of the molecule is COc1ccc(C)cc1NC(=O)CN1C(=O)CSc2ccc(C(=O)N3CCCCC3)cc21. The second-order valence-electron chi connectivity index (χ2n) is 8.06. The number of amides is 3. The number of nitrogens with one attached hydrogen (secondary N) is 1. The van der Waals surface area contributed by atoms with Crippen LogP contribution in [0, 0.1) is 6.92 Å². The fourth-order valence-corrected chi connectivity index (χ4v) is 4.96. The first-order valence-corrected chi connectivity index (χ1v) is 11.8. The van der Waals surface area contributed by atoms with Crippen molar-refractivity contribution in [2.45, 2.75) is 31.1 Å². The lowest BCUT2D eigenvalue weighted by Gasteiger charge is -2.30. The standard InChI is InChI=1S/C24H27N3O4S/c1-16-6-8-20(31-2)18(12-16)25-22(28)14-27-19-13-17(7-9-21(19)32-15-23(27)29)24(30)26-10-4-3-5-11-26/h6-9,12-13H,3-5,10-11,14-15H2,1-2H3,(H,25,28). The molecule has 0 radical (unpaired) electrons. The first-order chi connectivity index (χ1) is 15.5. The molecule has 0 bridgehead atoms. The number of methoxy groups -OCH3 is 1. The van der Waals surface area contributed by atoms with Gasteiger partial charge in [-0.25, -0.2) is 0 Å². The molecule has 2 heterocycles. The fraction of sp³-hybridized carbons (Fsp3) is 0.375. The fourth-order valence-electron chi connectivity index (χ4n) is 4.04. The van der Waals surface area contributed by atoms with Crippen molar-refractivity contribution in [3.63, 3.8) is 0 Å². The lowest BCUT2D eigenvalue weighted by atomic mass is 10.1. The molecular weight excluding hydrogens is 426 g/mol. The number of piperidine rings is 1. The van der Waals surface area contributed by atoms with Crippen LogP contribution < -0.4 is 15.0 Å². The molecule has 0 spiro atoms. The number of fused-ring (bicyclic) bond motifs is 1. The number of hydrogen-bond donors (Lipinski definition) is 1. The summed E-state index contributed by atoms with van der Waals surface area (Å²) in [5, 5.41) is 2.85. The minimum absolute atomic E-state index is 0.0237. The summed E-state index contributed by atoms with van der Waals surface area (Å²) < 4.78 is 5.33. The van der Waals surface area contributed by atoms with Gasteiger partial charge in [-0.1, -0.05) is 6.07 Å². The van der Waals surface area contributed by atoms with Crippen LogP contribution in [0.4, 0.5) is 11.4 Å². The maximum atomic E-state index is 13.0. The van der Waals surface area contributed by atoms with Crippen LogP contribution in [-0.4, -0.2) is 55.1 Å². The van der Waals surface area contributed by atoms with Crippen LogP contribution in [-0.2, 0) is 9.59 Å². The number of ether oxygens (including phenoxy) is 1. The Morgan fingerprint density at radius 3 is 2.62 bits per heavy atom. The maximum absolute atomic E-state index is 13.0. The van der Waals surface area contributed by atoms with E-state index in [-0.39, 0.29) is 30.0 Å². The van der Waals surface area contributed by atoms with E-state index in [4.69, 9.17) is 4.74 Å². The van der Waals surface area contributed by atoms with Crippen molar-refractivity contribution in [1.82, 2.24) is 4.90 Å². The number of hydrogen-bond acceptors (Lipinski definition) is 5. The smallest absolute Gasteiger partial charge is 0.253 e. The van der Waals surface area contributed by atoms with Gasteiger partial charge in [-0.15, -0.1) is 11.8 Å². The van der Waals surface area contributed by atoms with Crippen molar-refractivity contribution >= 4 is 40.9 Å². The molecule has 0 atom stereocenters. The van der Waals surface area contributed by atoms with Gasteiger partial charge in [0.25, 0.3) is 5.91 Å². The average molecular weight is 454 g/mol. The predicted octanol–water partition coefficient (Wildman–Crippen LogP) is 3.71. The van der Waals surface area contributed by atoms with Crippen molar-refractivity contribution in [3.8, 4) is 5.75 Å². The normalized spacial score (nSPS) is 15.9. The number of carbonyl (C=O) groups is 3. The summed E-state index contributed by atoms with van der Waals surface area (Å²) in [6.07, 6.45) is 3.17. The van der Waals surface area contributed by atoms with E-state index < -0.39 is 0 Å². The average Bonchev–Trinajstić information content (AvgIpc) is 2.81. The third-order valence-electron chi connectivity index (χ3n) is 5.72. The molecule has 2 aliphatic heterocycles. The number of benzene rings is 2. The Morgan fingerprint density at radius 1 is 1.09 bits per heavy atom. The lowest BCUT2D eigenvalue weighted by Crippen LogP contribution is -2.41. The molecule has 1 saturated heterocycles. The number of likely N-dealkylation sites (tertiary alicyclic amines) is 1. The van der Waals surface area contributed by atoms with E-state index >= 15 is 0 Å². The molecule has 32 heavy (non-hydrogen) atoms. The van der Waals surface area contributed by atoms with Crippen molar-refractivity contribution in [2.75, 3.05) is 42.7 Å². The molecule has 0 unspecified atom stereocenters. The number of anilines is 2. The minimum Gasteiger partial charge on any atom is -0.495 e. The van der Waals surface area contributed by atoms with Crippen molar-refractivity contribution < 1.29 is 19.1 Å². The highest BCUT2D eigenvalue weighted by molar-refractivity contribution is 8.00. The Hall–Kier alpha value is -3.00. The van der Waals surface area contributed by atoms with E-state index in [0.29, 0.717) is 22.7 Å². The topological polar surface area (TPSA) is 79.0 Å². The van der Waals surface area contributed by atoms with E-state index in [9.17, 15) is 14.4 Å². The first kappa shape index (κ1) is 22.2. The molecule has 1 N–H and O–H groups in total. The van der Waals surface area contributed by atoms with Crippen LogP contribution in [0.25, 0.3) is 0 Å². The summed E-state index contributed by atoms with van der Waals surface area (Å²) in [5.74, 6) is 0.306.